The second kappa shape index (κ2) is 8.52. The Morgan fingerprint density at radius 3 is 2.70 bits per heavy atom. The zero-order valence-corrected chi connectivity index (χ0v) is 16.4. The fourth-order valence-corrected chi connectivity index (χ4v) is 3.40. The first-order valence-electron chi connectivity index (χ1n) is 8.74. The number of thiazole rings is 1. The molecule has 0 aliphatic heterocycles. The molecule has 0 saturated carbocycles. The normalized spacial score (nSPS) is 11.1. The fourth-order valence-electron chi connectivity index (χ4n) is 2.60. The van der Waals surface area contributed by atoms with Gasteiger partial charge >= 0.3 is 0 Å². The Balaban J connectivity index is 1.80. The first kappa shape index (κ1) is 18.7. The van der Waals surface area contributed by atoms with Gasteiger partial charge in [0.1, 0.15) is 22.4 Å². The Labute approximate surface area is 163 Å². The van der Waals surface area contributed by atoms with E-state index >= 15 is 0 Å². The van der Waals surface area contributed by atoms with Crippen molar-refractivity contribution in [2.45, 2.75) is 20.8 Å². The van der Waals surface area contributed by atoms with E-state index < -0.39 is 0 Å². The van der Waals surface area contributed by atoms with Crippen LogP contribution in [-0.2, 0) is 0 Å². The van der Waals surface area contributed by atoms with Crippen LogP contribution >= 0.6 is 11.3 Å². The topological polar surface area (TPSA) is 57.9 Å². The van der Waals surface area contributed by atoms with Gasteiger partial charge in [0, 0.05) is 22.8 Å². The van der Waals surface area contributed by atoms with Crippen molar-refractivity contribution < 1.29 is 4.74 Å². The van der Waals surface area contributed by atoms with E-state index in [9.17, 15) is 5.26 Å². The summed E-state index contributed by atoms with van der Waals surface area (Å²) in [6.07, 6.45) is 1.72. The molecule has 0 unspecified atom stereocenters. The zero-order valence-electron chi connectivity index (χ0n) is 15.6. The molecule has 0 atom stereocenters. The number of aryl methyl sites for hydroxylation is 2. The highest BCUT2D eigenvalue weighted by Gasteiger charge is 2.09. The zero-order chi connectivity index (χ0) is 19.2. The third kappa shape index (κ3) is 4.55. The van der Waals surface area contributed by atoms with Crippen molar-refractivity contribution in [3.63, 3.8) is 0 Å². The summed E-state index contributed by atoms with van der Waals surface area (Å²) in [5, 5.41) is 15.4. The molecule has 3 aromatic rings. The molecular weight excluding hydrogens is 354 g/mol. The number of rotatable bonds is 6. The van der Waals surface area contributed by atoms with Gasteiger partial charge < -0.3 is 10.1 Å². The van der Waals surface area contributed by atoms with Crippen LogP contribution in [0.4, 0.5) is 5.69 Å². The second-order valence-corrected chi connectivity index (χ2v) is 6.99. The number of anilines is 1. The molecule has 0 radical (unpaired) electrons. The average Bonchev–Trinajstić information content (AvgIpc) is 3.16. The van der Waals surface area contributed by atoms with Crippen LogP contribution < -0.4 is 10.1 Å². The molecule has 1 N–H and O–H groups in total. The summed E-state index contributed by atoms with van der Waals surface area (Å²) in [5.74, 6) is 0.840. The number of allylic oxidation sites excluding steroid dienone is 1. The van der Waals surface area contributed by atoms with E-state index in [0.717, 1.165) is 28.3 Å². The minimum Gasteiger partial charge on any atom is -0.494 e. The minimum absolute atomic E-state index is 0.512. The number of nitriles is 1. The summed E-state index contributed by atoms with van der Waals surface area (Å²) < 4.78 is 5.47. The van der Waals surface area contributed by atoms with Crippen LogP contribution in [0.25, 0.3) is 16.8 Å². The molecule has 0 saturated heterocycles. The van der Waals surface area contributed by atoms with Crippen LogP contribution in [0.3, 0.4) is 0 Å². The van der Waals surface area contributed by atoms with Crippen molar-refractivity contribution in [1.29, 1.82) is 5.26 Å². The van der Waals surface area contributed by atoms with Gasteiger partial charge in [-0.2, -0.15) is 5.26 Å². The highest BCUT2D eigenvalue weighted by atomic mass is 32.1. The van der Waals surface area contributed by atoms with Crippen LogP contribution in [0.5, 0.6) is 5.75 Å². The first-order valence-corrected chi connectivity index (χ1v) is 9.62. The molecule has 1 aromatic heterocycles. The van der Waals surface area contributed by atoms with Crippen molar-refractivity contribution in [3.8, 4) is 23.1 Å². The Morgan fingerprint density at radius 2 is 2.00 bits per heavy atom. The predicted octanol–water partition coefficient (Wildman–Crippen LogP) is 5.80. The van der Waals surface area contributed by atoms with Crippen molar-refractivity contribution in [3.05, 3.63) is 70.2 Å². The number of hydrogen-bond acceptors (Lipinski definition) is 5. The summed E-state index contributed by atoms with van der Waals surface area (Å²) in [6, 6.07) is 16.3. The Kier molecular flexibility index (Phi) is 5.90. The molecule has 136 valence electrons. The van der Waals surface area contributed by atoms with Gasteiger partial charge in [0.2, 0.25) is 0 Å². The summed E-state index contributed by atoms with van der Waals surface area (Å²) in [4.78, 5) is 4.63. The van der Waals surface area contributed by atoms with E-state index in [1.165, 1.54) is 16.9 Å². The van der Waals surface area contributed by atoms with E-state index in [2.05, 4.69) is 34.6 Å². The minimum atomic E-state index is 0.512. The molecule has 0 amide bonds. The number of nitrogens with one attached hydrogen (secondary N) is 1. The van der Waals surface area contributed by atoms with Crippen molar-refractivity contribution in [2.24, 2.45) is 0 Å². The van der Waals surface area contributed by atoms with Crippen molar-refractivity contribution >= 4 is 22.6 Å². The van der Waals surface area contributed by atoms with Gasteiger partial charge in [0.05, 0.1) is 12.3 Å². The SMILES string of the molecule is CCOc1ccc(-c2csc(/C(C#N)=C\Nc3cc(C)ccc3C)n2)cc1. The summed E-state index contributed by atoms with van der Waals surface area (Å²) in [6.45, 7) is 6.69. The van der Waals surface area contributed by atoms with E-state index in [1.807, 2.05) is 50.4 Å². The van der Waals surface area contributed by atoms with Gasteiger partial charge in [0.15, 0.2) is 0 Å². The molecule has 4 nitrogen and oxygen atoms in total. The lowest BCUT2D eigenvalue weighted by atomic mass is 10.1. The van der Waals surface area contributed by atoms with Crippen molar-refractivity contribution in [2.75, 3.05) is 11.9 Å². The maximum atomic E-state index is 9.55. The molecule has 0 spiro atoms. The van der Waals surface area contributed by atoms with Gasteiger partial charge in [-0.15, -0.1) is 11.3 Å². The Bertz CT molecular complexity index is 997. The molecule has 3 rings (SSSR count). The lowest BCUT2D eigenvalue weighted by Crippen LogP contribution is -1.94. The third-order valence-electron chi connectivity index (χ3n) is 4.08. The predicted molar refractivity (Wildman–Crippen MR) is 112 cm³/mol. The molecule has 1 heterocycles. The van der Waals surface area contributed by atoms with E-state index in [1.54, 1.807) is 6.20 Å². The number of benzene rings is 2. The van der Waals surface area contributed by atoms with E-state index in [-0.39, 0.29) is 0 Å². The highest BCUT2D eigenvalue weighted by Crippen LogP contribution is 2.27. The Hall–Kier alpha value is -3.10. The maximum absolute atomic E-state index is 9.55. The van der Waals surface area contributed by atoms with Crippen LogP contribution in [0, 0.1) is 25.2 Å². The summed E-state index contributed by atoms with van der Waals surface area (Å²) in [5.41, 5.74) is 5.65. The Morgan fingerprint density at radius 1 is 1.22 bits per heavy atom. The third-order valence-corrected chi connectivity index (χ3v) is 4.96. The molecule has 0 bridgehead atoms. The molecular formula is C22H21N3OS. The second-order valence-electron chi connectivity index (χ2n) is 6.13. The standard InChI is InChI=1S/C22H21N3OS/c1-4-26-19-9-7-17(8-10-19)21-14-27-22(25-21)18(12-23)13-24-20-11-15(2)5-6-16(20)3/h5-11,13-14,24H,4H2,1-3H3/b18-13-. The lowest BCUT2D eigenvalue weighted by molar-refractivity contribution is 0.340. The number of aromatic nitrogens is 1. The van der Waals surface area contributed by atoms with Gasteiger partial charge in [-0.1, -0.05) is 12.1 Å². The molecule has 0 aliphatic rings. The average molecular weight is 375 g/mol. The molecule has 5 heteroatoms. The number of nitrogens with zero attached hydrogens (tertiary/aromatic N) is 2. The monoisotopic (exact) mass is 375 g/mol. The fraction of sp³-hybridized carbons (Fsp3) is 0.182. The lowest BCUT2D eigenvalue weighted by Gasteiger charge is -2.07. The van der Waals surface area contributed by atoms with E-state index in [4.69, 9.17) is 4.74 Å². The molecule has 27 heavy (non-hydrogen) atoms. The van der Waals surface area contributed by atoms with Crippen LogP contribution in [0.1, 0.15) is 23.1 Å². The quantitative estimate of drug-likeness (QED) is 0.553. The van der Waals surface area contributed by atoms with Crippen LogP contribution in [0.15, 0.2) is 54.0 Å². The molecule has 0 fully saturated rings. The van der Waals surface area contributed by atoms with Gasteiger partial charge in [-0.3, -0.25) is 0 Å². The summed E-state index contributed by atoms with van der Waals surface area (Å²) in [7, 11) is 0. The van der Waals surface area contributed by atoms with Crippen molar-refractivity contribution in [1.82, 2.24) is 4.98 Å². The number of hydrogen-bond donors (Lipinski definition) is 1. The smallest absolute Gasteiger partial charge is 0.136 e. The number of ether oxygens (including phenoxy) is 1. The molecule has 0 aliphatic carbocycles. The first-order chi connectivity index (χ1) is 13.1. The van der Waals surface area contributed by atoms with Crippen LogP contribution in [-0.4, -0.2) is 11.6 Å². The van der Waals surface area contributed by atoms with E-state index in [0.29, 0.717) is 17.2 Å². The van der Waals surface area contributed by atoms with Crippen LogP contribution in [0.2, 0.25) is 0 Å². The van der Waals surface area contributed by atoms with Gasteiger partial charge in [-0.25, -0.2) is 4.98 Å². The largest absolute Gasteiger partial charge is 0.494 e. The van der Waals surface area contributed by atoms with Gasteiger partial charge in [-0.05, 0) is 62.2 Å². The molecule has 2 aromatic carbocycles. The highest BCUT2D eigenvalue weighted by molar-refractivity contribution is 7.11. The maximum Gasteiger partial charge on any atom is 0.136 e. The van der Waals surface area contributed by atoms with Gasteiger partial charge in [0.25, 0.3) is 0 Å². The summed E-state index contributed by atoms with van der Waals surface area (Å²) >= 11 is 1.46.